The Bertz CT molecular complexity index is 1890. The van der Waals surface area contributed by atoms with Gasteiger partial charge in [-0.05, 0) is 78.4 Å². The van der Waals surface area contributed by atoms with Gasteiger partial charge in [0.15, 0.2) is 0 Å². The Labute approximate surface area is 323 Å². The van der Waals surface area contributed by atoms with E-state index in [1.807, 2.05) is 0 Å². The van der Waals surface area contributed by atoms with Crippen molar-refractivity contribution in [2.75, 3.05) is 26.4 Å². The largest absolute Gasteiger partial charge is 0.463 e. The van der Waals surface area contributed by atoms with Crippen molar-refractivity contribution in [3.63, 3.8) is 0 Å². The molecule has 2 heterocycles. The molecule has 2 N–H and O–H groups in total. The Morgan fingerprint density at radius 1 is 0.554 bits per heavy atom. The average molecular weight is 775 g/mol. The van der Waals surface area contributed by atoms with Crippen LogP contribution in [0.1, 0.15) is 90.2 Å². The Morgan fingerprint density at radius 2 is 0.875 bits per heavy atom. The summed E-state index contributed by atoms with van der Waals surface area (Å²) < 4.78 is 21.9. The van der Waals surface area contributed by atoms with E-state index < -0.39 is 45.6 Å². The molecule has 0 radical (unpaired) electrons. The SMILES string of the molecule is CCOC(=O)C1=C(C)NC(C)=C(C(=O)OCCCCCCOC(=O)C2=C(C)NC(C)=C(C(=O)OCC)C2c2cccc([N+](=O)[O-])c2)C1c1cccc([N+](=O)[O-])c1. The predicted octanol–water partition coefficient (Wildman–Crippen LogP) is 6.45. The van der Waals surface area contributed by atoms with Crippen LogP contribution in [-0.4, -0.2) is 60.2 Å². The van der Waals surface area contributed by atoms with Gasteiger partial charge >= 0.3 is 23.9 Å². The van der Waals surface area contributed by atoms with Crippen LogP contribution in [0, 0.1) is 20.2 Å². The molecule has 0 saturated heterocycles. The number of non-ortho nitro benzene ring substituents is 2. The highest BCUT2D eigenvalue weighted by atomic mass is 16.6. The van der Waals surface area contributed by atoms with Crippen LogP contribution in [-0.2, 0) is 38.1 Å². The zero-order valence-electron chi connectivity index (χ0n) is 32.2. The summed E-state index contributed by atoms with van der Waals surface area (Å²) in [4.78, 5) is 75.4. The first-order chi connectivity index (χ1) is 26.7. The molecular weight excluding hydrogens is 728 g/mol. The Balaban J connectivity index is 1.37. The van der Waals surface area contributed by atoms with Gasteiger partial charge in [0.05, 0.1) is 70.4 Å². The van der Waals surface area contributed by atoms with Gasteiger partial charge in [0.25, 0.3) is 11.4 Å². The van der Waals surface area contributed by atoms with E-state index in [4.69, 9.17) is 18.9 Å². The first-order valence-corrected chi connectivity index (χ1v) is 18.3. The molecule has 2 aromatic carbocycles. The maximum absolute atomic E-state index is 13.6. The number of ether oxygens (including phenoxy) is 4. The number of nitro groups is 2. The summed E-state index contributed by atoms with van der Waals surface area (Å²) in [5.74, 6) is -4.65. The van der Waals surface area contributed by atoms with Gasteiger partial charge in [-0.2, -0.15) is 0 Å². The first-order valence-electron chi connectivity index (χ1n) is 18.3. The van der Waals surface area contributed by atoms with Gasteiger partial charge in [-0.15, -0.1) is 0 Å². The van der Waals surface area contributed by atoms with Gasteiger partial charge in [-0.25, -0.2) is 19.2 Å². The normalized spacial score (nSPS) is 16.8. The number of nitro benzene ring substituents is 2. The van der Waals surface area contributed by atoms with E-state index >= 15 is 0 Å². The van der Waals surface area contributed by atoms with E-state index in [1.165, 1.54) is 36.4 Å². The lowest BCUT2D eigenvalue weighted by Gasteiger charge is -2.30. The van der Waals surface area contributed by atoms with Crippen molar-refractivity contribution in [1.82, 2.24) is 10.6 Å². The minimum absolute atomic E-state index is 0.0411. The minimum atomic E-state index is -0.972. The third-order valence-electron chi connectivity index (χ3n) is 9.28. The number of esters is 4. The molecule has 0 saturated carbocycles. The van der Waals surface area contributed by atoms with Gasteiger partial charge in [0.2, 0.25) is 0 Å². The molecule has 2 atom stereocenters. The molecule has 56 heavy (non-hydrogen) atoms. The maximum Gasteiger partial charge on any atom is 0.336 e. The predicted molar refractivity (Wildman–Crippen MR) is 202 cm³/mol. The fraction of sp³-hybridized carbons (Fsp3) is 0.400. The number of allylic oxidation sites excluding steroid dienone is 4. The number of benzene rings is 2. The van der Waals surface area contributed by atoms with Crippen LogP contribution < -0.4 is 10.6 Å². The van der Waals surface area contributed by atoms with Crippen LogP contribution >= 0.6 is 0 Å². The smallest absolute Gasteiger partial charge is 0.336 e. The summed E-state index contributed by atoms with van der Waals surface area (Å²) in [7, 11) is 0. The monoisotopic (exact) mass is 774 g/mol. The second-order valence-electron chi connectivity index (χ2n) is 13.1. The molecule has 0 bridgehead atoms. The summed E-state index contributed by atoms with van der Waals surface area (Å²) in [6.45, 7) is 10.2. The van der Waals surface area contributed by atoms with Crippen molar-refractivity contribution < 1.29 is 48.0 Å². The van der Waals surface area contributed by atoms with Crippen LogP contribution in [0.3, 0.4) is 0 Å². The molecule has 2 unspecified atom stereocenters. The summed E-state index contributed by atoms with van der Waals surface area (Å²) >= 11 is 0. The number of dihydropyridines is 2. The Hall–Kier alpha value is -6.32. The third-order valence-corrected chi connectivity index (χ3v) is 9.28. The van der Waals surface area contributed by atoms with E-state index in [1.54, 1.807) is 53.7 Å². The molecule has 2 aromatic rings. The van der Waals surface area contributed by atoms with Gasteiger partial charge in [0, 0.05) is 47.1 Å². The third kappa shape index (κ3) is 9.85. The standard InChI is InChI=1S/C40H46N4O12/c1-7-53-37(45)31-23(3)41-25(5)33(35(31)27-15-13-17-29(21-27)43(49)50)39(47)55-19-11-9-10-12-20-56-40(48)34-26(6)42-24(4)32(38(46)54-8-2)36(34)28-16-14-18-30(22-28)44(51)52/h13-18,21-22,35-36,41-42H,7-12,19-20H2,1-6H3. The van der Waals surface area contributed by atoms with Crippen molar-refractivity contribution in [2.45, 2.75) is 79.1 Å². The van der Waals surface area contributed by atoms with Gasteiger partial charge < -0.3 is 29.6 Å². The van der Waals surface area contributed by atoms with E-state index in [0.717, 1.165) is 0 Å². The number of carbonyl (C=O) groups is 4. The molecule has 4 rings (SSSR count). The lowest BCUT2D eigenvalue weighted by molar-refractivity contribution is -0.385. The van der Waals surface area contributed by atoms with Crippen LogP contribution in [0.15, 0.2) is 93.6 Å². The molecular formula is C40H46N4O12. The number of nitrogens with zero attached hydrogens (tertiary/aromatic N) is 2. The fourth-order valence-electron chi connectivity index (χ4n) is 6.83. The minimum Gasteiger partial charge on any atom is -0.463 e. The first kappa shape index (κ1) is 42.4. The van der Waals surface area contributed by atoms with E-state index in [-0.39, 0.29) is 60.1 Å². The molecule has 0 amide bonds. The molecule has 0 aliphatic carbocycles. The van der Waals surface area contributed by atoms with Crippen LogP contribution in [0.2, 0.25) is 0 Å². The lowest BCUT2D eigenvalue weighted by atomic mass is 9.80. The van der Waals surface area contributed by atoms with Gasteiger partial charge in [0.1, 0.15) is 0 Å². The van der Waals surface area contributed by atoms with Gasteiger partial charge in [-0.3, -0.25) is 20.2 Å². The van der Waals surface area contributed by atoms with Crippen LogP contribution in [0.4, 0.5) is 11.4 Å². The summed E-state index contributed by atoms with van der Waals surface area (Å²) in [6, 6.07) is 11.5. The highest BCUT2D eigenvalue weighted by Gasteiger charge is 2.40. The van der Waals surface area contributed by atoms with Crippen molar-refractivity contribution in [3.05, 3.63) is 125 Å². The zero-order chi connectivity index (χ0) is 41.1. The number of hydrogen-bond donors (Lipinski definition) is 2. The quantitative estimate of drug-likeness (QED) is 0.0581. The number of carbonyl (C=O) groups excluding carboxylic acids is 4. The molecule has 0 aromatic heterocycles. The summed E-state index contributed by atoms with van der Waals surface area (Å²) in [5, 5.41) is 29.2. The molecule has 0 fully saturated rings. The van der Waals surface area contributed by atoms with Crippen LogP contribution in [0.5, 0.6) is 0 Å². The molecule has 0 spiro atoms. The molecule has 16 heteroatoms. The molecule has 298 valence electrons. The Morgan fingerprint density at radius 3 is 1.18 bits per heavy atom. The maximum atomic E-state index is 13.6. The van der Waals surface area contributed by atoms with Crippen molar-refractivity contribution in [3.8, 4) is 0 Å². The number of rotatable bonds is 17. The van der Waals surface area contributed by atoms with Crippen molar-refractivity contribution >= 4 is 35.3 Å². The van der Waals surface area contributed by atoms with Crippen molar-refractivity contribution in [1.29, 1.82) is 0 Å². The van der Waals surface area contributed by atoms with E-state index in [0.29, 0.717) is 59.6 Å². The topological polar surface area (TPSA) is 216 Å². The summed E-state index contributed by atoms with van der Waals surface area (Å²) in [5.41, 5.74) is 2.65. The number of unbranched alkanes of at least 4 members (excludes halogenated alkanes) is 3. The molecule has 2 aliphatic rings. The van der Waals surface area contributed by atoms with Gasteiger partial charge in [-0.1, -0.05) is 24.3 Å². The number of hydrogen-bond acceptors (Lipinski definition) is 14. The highest BCUT2D eigenvalue weighted by molar-refractivity contribution is 6.01. The second kappa shape index (κ2) is 19.3. The second-order valence-corrected chi connectivity index (χ2v) is 13.1. The van der Waals surface area contributed by atoms with E-state index in [2.05, 4.69) is 10.6 Å². The van der Waals surface area contributed by atoms with E-state index in [9.17, 15) is 39.4 Å². The molecule has 2 aliphatic heterocycles. The molecule has 16 nitrogen and oxygen atoms in total. The van der Waals surface area contributed by atoms with Crippen molar-refractivity contribution in [2.24, 2.45) is 0 Å². The van der Waals surface area contributed by atoms with Crippen LogP contribution in [0.25, 0.3) is 0 Å². The zero-order valence-corrected chi connectivity index (χ0v) is 32.2. The summed E-state index contributed by atoms with van der Waals surface area (Å²) in [6.07, 6.45) is 2.15. The Kier molecular flexibility index (Phi) is 14.6. The number of nitrogens with one attached hydrogen (secondary N) is 2. The fourth-order valence-corrected chi connectivity index (χ4v) is 6.83. The lowest BCUT2D eigenvalue weighted by Crippen LogP contribution is -2.32. The highest BCUT2D eigenvalue weighted by Crippen LogP contribution is 2.41. The average Bonchev–Trinajstić information content (AvgIpc) is 3.15.